The van der Waals surface area contributed by atoms with Crippen LogP contribution in [0.3, 0.4) is 0 Å². The van der Waals surface area contributed by atoms with E-state index in [1.165, 1.54) is 0 Å². The first kappa shape index (κ1) is 8.22. The Morgan fingerprint density at radius 2 is 2.38 bits per heavy atom. The molecule has 1 unspecified atom stereocenters. The summed E-state index contributed by atoms with van der Waals surface area (Å²) in [5, 5.41) is 2.99. The Labute approximate surface area is 76.4 Å². The Balaban J connectivity index is 2.60. The van der Waals surface area contributed by atoms with Gasteiger partial charge in [0.15, 0.2) is 0 Å². The maximum absolute atomic E-state index is 5.86. The highest BCUT2D eigenvalue weighted by atomic mass is 15.1. The molecule has 0 aliphatic heterocycles. The molecule has 0 spiro atoms. The van der Waals surface area contributed by atoms with Crippen molar-refractivity contribution >= 4 is 5.65 Å². The number of hydrogen-bond acceptors (Lipinski definition) is 3. The standard InChI is InChI=1S/C9H12N4/c1-11-9(10)7-3-2-4-8-12-5-6-13(7)8/h2-6,9,11H,10H2,1H3. The molecule has 0 aliphatic rings. The largest absolute Gasteiger partial charge is 0.311 e. The number of nitrogens with one attached hydrogen (secondary N) is 1. The quantitative estimate of drug-likeness (QED) is 0.655. The molecule has 0 aliphatic carbocycles. The predicted molar refractivity (Wildman–Crippen MR) is 51.2 cm³/mol. The Bertz CT molecular complexity index is 407. The van der Waals surface area contributed by atoms with Crippen LogP contribution in [0.2, 0.25) is 0 Å². The molecule has 0 aromatic carbocycles. The lowest BCUT2D eigenvalue weighted by Crippen LogP contribution is -2.26. The van der Waals surface area contributed by atoms with Crippen LogP contribution >= 0.6 is 0 Å². The van der Waals surface area contributed by atoms with Crippen LogP contribution in [0.5, 0.6) is 0 Å². The number of rotatable bonds is 2. The van der Waals surface area contributed by atoms with E-state index >= 15 is 0 Å². The Morgan fingerprint density at radius 1 is 1.54 bits per heavy atom. The third kappa shape index (κ3) is 1.30. The first-order chi connectivity index (χ1) is 6.33. The normalized spacial score (nSPS) is 13.4. The van der Waals surface area contributed by atoms with Gasteiger partial charge in [-0.15, -0.1) is 0 Å². The number of aromatic nitrogens is 2. The van der Waals surface area contributed by atoms with Gasteiger partial charge in [0.1, 0.15) is 5.65 Å². The first-order valence-corrected chi connectivity index (χ1v) is 4.18. The zero-order valence-electron chi connectivity index (χ0n) is 7.44. The fourth-order valence-corrected chi connectivity index (χ4v) is 1.37. The van der Waals surface area contributed by atoms with Crippen LogP contribution in [0.1, 0.15) is 11.9 Å². The van der Waals surface area contributed by atoms with Crippen molar-refractivity contribution in [3.63, 3.8) is 0 Å². The van der Waals surface area contributed by atoms with Crippen molar-refractivity contribution in [1.82, 2.24) is 14.7 Å². The smallest absolute Gasteiger partial charge is 0.136 e. The van der Waals surface area contributed by atoms with Gasteiger partial charge in [0.2, 0.25) is 0 Å². The van der Waals surface area contributed by atoms with Crippen molar-refractivity contribution in [2.75, 3.05) is 7.05 Å². The van der Waals surface area contributed by atoms with Gasteiger partial charge in [0, 0.05) is 12.4 Å². The summed E-state index contributed by atoms with van der Waals surface area (Å²) in [7, 11) is 1.83. The molecule has 0 radical (unpaired) electrons. The molecule has 13 heavy (non-hydrogen) atoms. The van der Waals surface area contributed by atoms with Crippen LogP contribution in [0, 0.1) is 0 Å². The van der Waals surface area contributed by atoms with Crippen LogP contribution in [-0.2, 0) is 0 Å². The molecule has 2 heterocycles. The SMILES string of the molecule is CNC(N)c1cccc2nccn12. The van der Waals surface area contributed by atoms with E-state index in [1.807, 2.05) is 35.8 Å². The Hall–Kier alpha value is -1.39. The Morgan fingerprint density at radius 3 is 3.15 bits per heavy atom. The molecule has 68 valence electrons. The van der Waals surface area contributed by atoms with Gasteiger partial charge < -0.3 is 15.5 Å². The molecular weight excluding hydrogens is 164 g/mol. The first-order valence-electron chi connectivity index (χ1n) is 4.18. The molecule has 2 aromatic heterocycles. The summed E-state index contributed by atoms with van der Waals surface area (Å²) in [6.07, 6.45) is 3.51. The van der Waals surface area contributed by atoms with Crippen molar-refractivity contribution in [3.05, 3.63) is 36.3 Å². The zero-order chi connectivity index (χ0) is 9.26. The third-order valence-corrected chi connectivity index (χ3v) is 2.09. The van der Waals surface area contributed by atoms with E-state index in [1.54, 1.807) is 6.20 Å². The summed E-state index contributed by atoms with van der Waals surface area (Å²) in [6, 6.07) is 5.89. The maximum atomic E-state index is 5.86. The van der Waals surface area contributed by atoms with E-state index in [-0.39, 0.29) is 6.17 Å². The predicted octanol–water partition coefficient (Wildman–Crippen LogP) is 0.511. The second-order valence-corrected chi connectivity index (χ2v) is 2.87. The fraction of sp³-hybridized carbons (Fsp3) is 0.222. The molecule has 0 amide bonds. The molecule has 0 fully saturated rings. The Kier molecular flexibility index (Phi) is 2.00. The second-order valence-electron chi connectivity index (χ2n) is 2.87. The van der Waals surface area contributed by atoms with Crippen molar-refractivity contribution in [2.24, 2.45) is 5.73 Å². The van der Waals surface area contributed by atoms with Crippen LogP contribution < -0.4 is 11.1 Å². The average molecular weight is 176 g/mol. The highest BCUT2D eigenvalue weighted by Crippen LogP contribution is 2.09. The number of fused-ring (bicyclic) bond motifs is 1. The molecule has 2 rings (SSSR count). The van der Waals surface area contributed by atoms with Gasteiger partial charge in [0.25, 0.3) is 0 Å². The van der Waals surface area contributed by atoms with E-state index < -0.39 is 0 Å². The summed E-state index contributed by atoms with van der Waals surface area (Å²) in [6.45, 7) is 0. The van der Waals surface area contributed by atoms with Crippen molar-refractivity contribution in [1.29, 1.82) is 0 Å². The monoisotopic (exact) mass is 176 g/mol. The molecule has 2 aromatic rings. The number of imidazole rings is 1. The second kappa shape index (κ2) is 3.16. The van der Waals surface area contributed by atoms with Crippen molar-refractivity contribution in [3.8, 4) is 0 Å². The van der Waals surface area contributed by atoms with Crippen LogP contribution in [0.4, 0.5) is 0 Å². The maximum Gasteiger partial charge on any atom is 0.136 e. The van der Waals surface area contributed by atoms with Gasteiger partial charge in [0.05, 0.1) is 11.9 Å². The minimum atomic E-state index is -0.155. The summed E-state index contributed by atoms with van der Waals surface area (Å²) < 4.78 is 1.97. The molecule has 0 saturated heterocycles. The highest BCUT2D eigenvalue weighted by molar-refractivity contribution is 5.40. The minimum Gasteiger partial charge on any atom is -0.311 e. The number of pyridine rings is 1. The molecule has 0 bridgehead atoms. The summed E-state index contributed by atoms with van der Waals surface area (Å²) in [5.41, 5.74) is 7.79. The number of nitrogens with zero attached hydrogens (tertiary/aromatic N) is 2. The summed E-state index contributed by atoms with van der Waals surface area (Å²) >= 11 is 0. The van der Waals surface area contributed by atoms with Gasteiger partial charge in [-0.05, 0) is 19.2 Å². The zero-order valence-corrected chi connectivity index (χ0v) is 7.44. The molecular formula is C9H12N4. The van der Waals surface area contributed by atoms with Gasteiger partial charge in [-0.2, -0.15) is 0 Å². The van der Waals surface area contributed by atoms with Crippen molar-refractivity contribution in [2.45, 2.75) is 6.17 Å². The van der Waals surface area contributed by atoms with Gasteiger partial charge in [-0.25, -0.2) is 4.98 Å². The van der Waals surface area contributed by atoms with Crippen LogP contribution in [0.15, 0.2) is 30.6 Å². The topological polar surface area (TPSA) is 55.3 Å². The third-order valence-electron chi connectivity index (χ3n) is 2.09. The lowest BCUT2D eigenvalue weighted by molar-refractivity contribution is 0.597. The summed E-state index contributed by atoms with van der Waals surface area (Å²) in [4.78, 5) is 4.18. The van der Waals surface area contributed by atoms with Gasteiger partial charge in [-0.3, -0.25) is 0 Å². The lowest BCUT2D eigenvalue weighted by atomic mass is 10.3. The van der Waals surface area contributed by atoms with E-state index in [2.05, 4.69) is 10.3 Å². The van der Waals surface area contributed by atoms with E-state index in [4.69, 9.17) is 5.73 Å². The molecule has 1 atom stereocenters. The van der Waals surface area contributed by atoms with Crippen LogP contribution in [-0.4, -0.2) is 16.4 Å². The van der Waals surface area contributed by atoms with Gasteiger partial charge in [-0.1, -0.05) is 6.07 Å². The van der Waals surface area contributed by atoms with Crippen LogP contribution in [0.25, 0.3) is 5.65 Å². The molecule has 3 N–H and O–H groups in total. The van der Waals surface area contributed by atoms with E-state index in [9.17, 15) is 0 Å². The highest BCUT2D eigenvalue weighted by Gasteiger charge is 2.06. The van der Waals surface area contributed by atoms with E-state index in [0.717, 1.165) is 11.3 Å². The number of nitrogens with two attached hydrogens (primary N) is 1. The summed E-state index contributed by atoms with van der Waals surface area (Å²) in [5.74, 6) is 0. The van der Waals surface area contributed by atoms with Gasteiger partial charge >= 0.3 is 0 Å². The molecule has 4 nitrogen and oxygen atoms in total. The average Bonchev–Trinajstić information content (AvgIpc) is 2.63. The van der Waals surface area contributed by atoms with Crippen molar-refractivity contribution < 1.29 is 0 Å². The molecule has 4 heteroatoms. The minimum absolute atomic E-state index is 0.155. The van der Waals surface area contributed by atoms with E-state index in [0.29, 0.717) is 0 Å². The fourth-order valence-electron chi connectivity index (χ4n) is 1.37. The lowest BCUT2D eigenvalue weighted by Gasteiger charge is -2.12. The molecule has 0 saturated carbocycles. The number of hydrogen-bond donors (Lipinski definition) is 2.